The first-order valence-electron chi connectivity index (χ1n) is 7.44. The summed E-state index contributed by atoms with van der Waals surface area (Å²) in [5.74, 6) is 0.907. The van der Waals surface area contributed by atoms with Gasteiger partial charge in [-0.3, -0.25) is 9.67 Å². The van der Waals surface area contributed by atoms with Gasteiger partial charge in [-0.15, -0.1) is 11.3 Å². The van der Waals surface area contributed by atoms with Crippen molar-refractivity contribution in [2.45, 2.75) is 12.6 Å². The van der Waals surface area contributed by atoms with Gasteiger partial charge < -0.3 is 15.0 Å². The number of thiophene rings is 1. The van der Waals surface area contributed by atoms with Gasteiger partial charge in [0.15, 0.2) is 5.96 Å². The predicted molar refractivity (Wildman–Crippen MR) is 95.7 cm³/mol. The quantitative estimate of drug-likeness (QED) is 0.637. The minimum Gasteiger partial charge on any atom is -0.370 e. The summed E-state index contributed by atoms with van der Waals surface area (Å²) in [6, 6.07) is 2.13. The molecule has 1 saturated heterocycles. The van der Waals surface area contributed by atoms with Gasteiger partial charge in [0, 0.05) is 38.9 Å². The summed E-state index contributed by atoms with van der Waals surface area (Å²) >= 11 is 5.19. The lowest BCUT2D eigenvalue weighted by Gasteiger charge is -2.34. The van der Waals surface area contributed by atoms with Crippen molar-refractivity contribution in [3.05, 3.63) is 38.8 Å². The number of aromatic nitrogens is 2. The van der Waals surface area contributed by atoms with Crippen molar-refractivity contribution >= 4 is 33.2 Å². The van der Waals surface area contributed by atoms with E-state index in [1.807, 2.05) is 26.5 Å². The summed E-state index contributed by atoms with van der Waals surface area (Å²) in [6.45, 7) is 3.07. The van der Waals surface area contributed by atoms with Crippen LogP contribution in [0.25, 0.3) is 0 Å². The average molecular weight is 398 g/mol. The summed E-state index contributed by atoms with van der Waals surface area (Å²) < 4.78 is 8.84. The van der Waals surface area contributed by atoms with Gasteiger partial charge in [0.05, 0.1) is 23.1 Å². The number of halogens is 1. The van der Waals surface area contributed by atoms with E-state index >= 15 is 0 Å². The molecule has 0 bridgehead atoms. The molecule has 0 aromatic carbocycles. The maximum absolute atomic E-state index is 5.89. The molecule has 3 heterocycles. The van der Waals surface area contributed by atoms with Gasteiger partial charge in [-0.05, 0) is 32.9 Å². The van der Waals surface area contributed by atoms with E-state index in [-0.39, 0.29) is 6.10 Å². The summed E-state index contributed by atoms with van der Waals surface area (Å²) in [6.07, 6.45) is 3.91. The first kappa shape index (κ1) is 16.5. The number of rotatable bonds is 3. The Morgan fingerprint density at radius 2 is 2.48 bits per heavy atom. The van der Waals surface area contributed by atoms with Crippen molar-refractivity contribution in [3.8, 4) is 0 Å². The Bertz CT molecular complexity index is 683. The van der Waals surface area contributed by atoms with E-state index in [4.69, 9.17) is 4.74 Å². The molecule has 1 atom stereocenters. The van der Waals surface area contributed by atoms with Crippen LogP contribution in [0.4, 0.5) is 0 Å². The third kappa shape index (κ3) is 4.13. The molecule has 1 fully saturated rings. The van der Waals surface area contributed by atoms with Crippen molar-refractivity contribution in [2.75, 3.05) is 26.7 Å². The van der Waals surface area contributed by atoms with E-state index in [1.54, 1.807) is 16.0 Å². The van der Waals surface area contributed by atoms with Crippen LogP contribution in [0.3, 0.4) is 0 Å². The largest absolute Gasteiger partial charge is 0.370 e. The number of ether oxygens (including phenoxy) is 1. The minimum absolute atomic E-state index is 0.0336. The van der Waals surface area contributed by atoms with E-state index in [0.29, 0.717) is 6.61 Å². The normalized spacial score (nSPS) is 19.2. The van der Waals surface area contributed by atoms with Crippen LogP contribution in [0.5, 0.6) is 0 Å². The molecule has 6 nitrogen and oxygen atoms in total. The number of guanidine groups is 1. The third-order valence-corrected chi connectivity index (χ3v) is 5.30. The van der Waals surface area contributed by atoms with E-state index < -0.39 is 0 Å². The van der Waals surface area contributed by atoms with E-state index in [2.05, 4.69) is 47.7 Å². The van der Waals surface area contributed by atoms with Crippen molar-refractivity contribution in [2.24, 2.45) is 12.0 Å². The molecule has 23 heavy (non-hydrogen) atoms. The summed E-state index contributed by atoms with van der Waals surface area (Å²) in [7, 11) is 3.74. The molecule has 1 N–H and O–H groups in total. The second-order valence-electron chi connectivity index (χ2n) is 5.41. The Morgan fingerprint density at radius 3 is 3.13 bits per heavy atom. The van der Waals surface area contributed by atoms with Gasteiger partial charge in [-0.2, -0.15) is 5.10 Å². The zero-order valence-electron chi connectivity index (χ0n) is 13.2. The van der Waals surface area contributed by atoms with Crippen molar-refractivity contribution in [1.82, 2.24) is 20.0 Å². The first-order chi connectivity index (χ1) is 11.2. The van der Waals surface area contributed by atoms with Gasteiger partial charge in [-0.1, -0.05) is 0 Å². The van der Waals surface area contributed by atoms with Gasteiger partial charge in [0.2, 0.25) is 0 Å². The van der Waals surface area contributed by atoms with Crippen LogP contribution in [-0.4, -0.2) is 47.4 Å². The minimum atomic E-state index is 0.0336. The van der Waals surface area contributed by atoms with Crippen molar-refractivity contribution in [3.63, 3.8) is 0 Å². The SMILES string of the molecule is CN=C(NCc1csc(Br)c1)N1CCOC(c2cnn(C)c2)C1. The molecule has 3 rings (SSSR count). The standard InChI is InChI=1S/C15H20BrN5OS/c1-17-15(18-6-11-5-14(16)23-10-11)21-3-4-22-13(9-21)12-7-19-20(2)8-12/h5,7-8,10,13H,3-4,6,9H2,1-2H3,(H,17,18). The van der Waals surface area contributed by atoms with Crippen molar-refractivity contribution in [1.29, 1.82) is 0 Å². The monoisotopic (exact) mass is 397 g/mol. The average Bonchev–Trinajstić information content (AvgIpc) is 3.17. The number of morpholine rings is 1. The summed E-state index contributed by atoms with van der Waals surface area (Å²) in [5.41, 5.74) is 2.36. The highest BCUT2D eigenvalue weighted by molar-refractivity contribution is 9.11. The lowest BCUT2D eigenvalue weighted by Crippen LogP contribution is -2.47. The molecule has 0 spiro atoms. The number of aliphatic imine (C=N–C) groups is 1. The second-order valence-corrected chi connectivity index (χ2v) is 7.70. The maximum Gasteiger partial charge on any atom is 0.194 e. The highest BCUT2D eigenvalue weighted by atomic mass is 79.9. The molecule has 2 aromatic rings. The zero-order chi connectivity index (χ0) is 16.2. The highest BCUT2D eigenvalue weighted by Gasteiger charge is 2.25. The molecule has 0 aliphatic carbocycles. The second kappa shape index (κ2) is 7.46. The maximum atomic E-state index is 5.89. The van der Waals surface area contributed by atoms with E-state index in [1.165, 1.54) is 5.56 Å². The number of hydrogen-bond acceptors (Lipinski definition) is 4. The fraction of sp³-hybridized carbons (Fsp3) is 0.467. The van der Waals surface area contributed by atoms with Crippen LogP contribution in [0.2, 0.25) is 0 Å². The molecule has 0 amide bonds. The van der Waals surface area contributed by atoms with Gasteiger partial charge in [-0.25, -0.2) is 0 Å². The number of aryl methyl sites for hydroxylation is 1. The first-order valence-corrected chi connectivity index (χ1v) is 9.11. The third-order valence-electron chi connectivity index (χ3n) is 3.75. The molecule has 2 aromatic heterocycles. The van der Waals surface area contributed by atoms with Crippen LogP contribution < -0.4 is 5.32 Å². The van der Waals surface area contributed by atoms with E-state index in [0.717, 1.165) is 34.9 Å². The lowest BCUT2D eigenvalue weighted by molar-refractivity contribution is -0.00805. The Hall–Kier alpha value is -1.38. The number of nitrogens with one attached hydrogen (secondary N) is 1. The summed E-state index contributed by atoms with van der Waals surface area (Å²) in [4.78, 5) is 6.65. The number of hydrogen-bond donors (Lipinski definition) is 1. The Kier molecular flexibility index (Phi) is 5.34. The highest BCUT2D eigenvalue weighted by Crippen LogP contribution is 2.22. The fourth-order valence-corrected chi connectivity index (χ4v) is 3.81. The Labute approximate surface area is 148 Å². The molecule has 0 radical (unpaired) electrons. The van der Waals surface area contributed by atoms with Crippen LogP contribution in [0, 0.1) is 0 Å². The predicted octanol–water partition coefficient (Wildman–Crippen LogP) is 2.39. The van der Waals surface area contributed by atoms with Crippen LogP contribution in [0.15, 0.2) is 32.6 Å². The molecular weight excluding hydrogens is 378 g/mol. The number of nitrogens with zero attached hydrogens (tertiary/aromatic N) is 4. The van der Waals surface area contributed by atoms with Gasteiger partial charge >= 0.3 is 0 Å². The zero-order valence-corrected chi connectivity index (χ0v) is 15.6. The van der Waals surface area contributed by atoms with E-state index in [9.17, 15) is 0 Å². The molecular formula is C15H20BrN5OS. The molecule has 8 heteroatoms. The fourth-order valence-electron chi connectivity index (χ4n) is 2.60. The topological polar surface area (TPSA) is 54.7 Å². The molecule has 1 aliphatic heterocycles. The Balaban J connectivity index is 1.61. The van der Waals surface area contributed by atoms with Crippen molar-refractivity contribution < 1.29 is 4.74 Å². The molecule has 124 valence electrons. The van der Waals surface area contributed by atoms with Crippen LogP contribution >= 0.6 is 27.3 Å². The molecule has 0 saturated carbocycles. The summed E-state index contributed by atoms with van der Waals surface area (Å²) in [5, 5.41) is 9.80. The lowest BCUT2D eigenvalue weighted by atomic mass is 10.1. The van der Waals surface area contributed by atoms with Crippen LogP contribution in [0.1, 0.15) is 17.2 Å². The smallest absolute Gasteiger partial charge is 0.194 e. The van der Waals surface area contributed by atoms with Gasteiger partial charge in [0.25, 0.3) is 0 Å². The molecule has 1 unspecified atom stereocenters. The van der Waals surface area contributed by atoms with Crippen LogP contribution in [-0.2, 0) is 18.3 Å². The molecule has 1 aliphatic rings. The van der Waals surface area contributed by atoms with Gasteiger partial charge in [0.1, 0.15) is 6.10 Å². The Morgan fingerprint density at radius 1 is 1.61 bits per heavy atom.